The van der Waals surface area contributed by atoms with Crippen molar-refractivity contribution in [1.82, 2.24) is 4.98 Å². The van der Waals surface area contributed by atoms with Gasteiger partial charge in [-0.2, -0.15) is 0 Å². The molecule has 0 radical (unpaired) electrons. The molecular weight excluding hydrogens is 198 g/mol. The first kappa shape index (κ1) is 11.3. The third-order valence-electron chi connectivity index (χ3n) is 1.94. The van der Waals surface area contributed by atoms with Crippen molar-refractivity contribution in [3.63, 3.8) is 0 Å². The van der Waals surface area contributed by atoms with E-state index < -0.39 is 0 Å². The third kappa shape index (κ3) is 3.54. The number of rotatable bonds is 5. The Bertz CT molecular complexity index is 278. The summed E-state index contributed by atoms with van der Waals surface area (Å²) in [5, 5.41) is 0. The molecule has 0 amide bonds. The highest BCUT2D eigenvalue weighted by Gasteiger charge is 2.03. The van der Waals surface area contributed by atoms with Gasteiger partial charge in [0.15, 0.2) is 0 Å². The molecule has 0 aromatic carbocycles. The second kappa shape index (κ2) is 5.86. The van der Waals surface area contributed by atoms with Gasteiger partial charge in [0.1, 0.15) is 0 Å². The fourth-order valence-corrected chi connectivity index (χ4v) is 1.42. The van der Waals surface area contributed by atoms with Gasteiger partial charge in [-0.15, -0.1) is 11.6 Å². The van der Waals surface area contributed by atoms with E-state index in [4.69, 9.17) is 16.3 Å². The van der Waals surface area contributed by atoms with Crippen molar-refractivity contribution < 1.29 is 4.74 Å². The van der Waals surface area contributed by atoms with E-state index in [-0.39, 0.29) is 6.10 Å². The summed E-state index contributed by atoms with van der Waals surface area (Å²) >= 11 is 5.68. The smallest absolute Gasteiger partial charge is 0.213 e. The Balaban J connectivity index is 2.57. The first-order valence-corrected chi connectivity index (χ1v) is 5.48. The van der Waals surface area contributed by atoms with Crippen LogP contribution < -0.4 is 4.74 Å². The lowest BCUT2D eigenvalue weighted by molar-refractivity contribution is 0.201. The molecule has 0 aliphatic heterocycles. The lowest BCUT2D eigenvalue weighted by Gasteiger charge is -2.12. The van der Waals surface area contributed by atoms with Crippen LogP contribution in [0.3, 0.4) is 0 Å². The van der Waals surface area contributed by atoms with Gasteiger partial charge in [-0.25, -0.2) is 4.98 Å². The molecule has 14 heavy (non-hydrogen) atoms. The highest BCUT2D eigenvalue weighted by Crippen LogP contribution is 2.12. The first-order valence-electron chi connectivity index (χ1n) is 4.94. The van der Waals surface area contributed by atoms with Crippen molar-refractivity contribution in [3.05, 3.63) is 23.9 Å². The van der Waals surface area contributed by atoms with Gasteiger partial charge >= 0.3 is 0 Å². The average molecular weight is 214 g/mol. The Morgan fingerprint density at radius 1 is 1.50 bits per heavy atom. The highest BCUT2D eigenvalue weighted by atomic mass is 35.5. The molecule has 0 saturated heterocycles. The Morgan fingerprint density at radius 2 is 2.29 bits per heavy atom. The van der Waals surface area contributed by atoms with Crippen molar-refractivity contribution in [1.29, 1.82) is 0 Å². The Morgan fingerprint density at radius 3 is 2.93 bits per heavy atom. The second-order valence-corrected chi connectivity index (χ2v) is 3.59. The van der Waals surface area contributed by atoms with Crippen molar-refractivity contribution in [2.24, 2.45) is 0 Å². The van der Waals surface area contributed by atoms with E-state index >= 15 is 0 Å². The van der Waals surface area contributed by atoms with Crippen molar-refractivity contribution in [3.8, 4) is 5.88 Å². The Labute approximate surface area is 90.3 Å². The topological polar surface area (TPSA) is 22.1 Å². The van der Waals surface area contributed by atoms with Crippen LogP contribution in [-0.4, -0.2) is 11.1 Å². The minimum absolute atomic E-state index is 0.220. The minimum Gasteiger partial charge on any atom is -0.475 e. The second-order valence-electron chi connectivity index (χ2n) is 3.32. The number of halogens is 1. The summed E-state index contributed by atoms with van der Waals surface area (Å²) in [6.45, 7) is 4.20. The highest BCUT2D eigenvalue weighted by molar-refractivity contribution is 6.16. The zero-order valence-corrected chi connectivity index (χ0v) is 9.42. The quantitative estimate of drug-likeness (QED) is 0.700. The monoisotopic (exact) mass is 213 g/mol. The Hall–Kier alpha value is -0.760. The summed E-state index contributed by atoms with van der Waals surface area (Å²) in [4.78, 5) is 4.26. The van der Waals surface area contributed by atoms with E-state index in [2.05, 4.69) is 18.8 Å². The minimum atomic E-state index is 0.220. The summed E-state index contributed by atoms with van der Waals surface area (Å²) in [6.07, 6.45) is 2.39. The van der Waals surface area contributed by atoms with Gasteiger partial charge in [0, 0.05) is 6.07 Å². The predicted octanol–water partition coefficient (Wildman–Crippen LogP) is 3.39. The SMILES string of the molecule is CCCC(C)Oc1cccc(CCl)n1. The molecule has 3 heteroatoms. The van der Waals surface area contributed by atoms with Gasteiger partial charge in [0.2, 0.25) is 5.88 Å². The molecule has 1 aromatic heterocycles. The zero-order valence-electron chi connectivity index (χ0n) is 8.66. The molecule has 0 aliphatic carbocycles. The molecule has 78 valence electrons. The lowest BCUT2D eigenvalue weighted by atomic mass is 10.2. The molecule has 0 N–H and O–H groups in total. The van der Waals surface area contributed by atoms with Crippen LogP contribution in [0.4, 0.5) is 0 Å². The molecule has 1 aromatic rings. The van der Waals surface area contributed by atoms with Gasteiger partial charge in [-0.1, -0.05) is 19.4 Å². The van der Waals surface area contributed by atoms with E-state index in [0.717, 1.165) is 18.5 Å². The average Bonchev–Trinajstić information content (AvgIpc) is 2.18. The largest absolute Gasteiger partial charge is 0.475 e. The number of nitrogens with zero attached hydrogens (tertiary/aromatic N) is 1. The van der Waals surface area contributed by atoms with Gasteiger partial charge in [0.05, 0.1) is 17.7 Å². The number of hydrogen-bond donors (Lipinski definition) is 0. The van der Waals surface area contributed by atoms with E-state index in [1.165, 1.54) is 0 Å². The van der Waals surface area contributed by atoms with Gasteiger partial charge < -0.3 is 4.74 Å². The zero-order chi connectivity index (χ0) is 10.4. The normalized spacial score (nSPS) is 12.5. The van der Waals surface area contributed by atoms with E-state index in [1.807, 2.05) is 18.2 Å². The first-order chi connectivity index (χ1) is 6.76. The van der Waals surface area contributed by atoms with Crippen LogP contribution in [0.25, 0.3) is 0 Å². The molecule has 0 spiro atoms. The molecule has 0 bridgehead atoms. The Kier molecular flexibility index (Phi) is 4.74. The maximum Gasteiger partial charge on any atom is 0.213 e. The molecule has 0 aliphatic rings. The van der Waals surface area contributed by atoms with E-state index in [9.17, 15) is 0 Å². The summed E-state index contributed by atoms with van der Waals surface area (Å²) in [7, 11) is 0. The number of aromatic nitrogens is 1. The van der Waals surface area contributed by atoms with Gasteiger partial charge in [-0.05, 0) is 19.4 Å². The van der Waals surface area contributed by atoms with Crippen LogP contribution in [-0.2, 0) is 5.88 Å². The molecule has 0 saturated carbocycles. The molecule has 2 nitrogen and oxygen atoms in total. The number of alkyl halides is 1. The lowest BCUT2D eigenvalue weighted by Crippen LogP contribution is -2.12. The molecule has 1 rings (SSSR count). The van der Waals surface area contributed by atoms with Crippen LogP contribution in [0.15, 0.2) is 18.2 Å². The number of pyridine rings is 1. The van der Waals surface area contributed by atoms with Crippen molar-refractivity contribution in [2.45, 2.75) is 38.7 Å². The molecular formula is C11H16ClNO. The van der Waals surface area contributed by atoms with Crippen molar-refractivity contribution in [2.75, 3.05) is 0 Å². The van der Waals surface area contributed by atoms with Crippen LogP contribution in [0.2, 0.25) is 0 Å². The van der Waals surface area contributed by atoms with Gasteiger partial charge in [0.25, 0.3) is 0 Å². The van der Waals surface area contributed by atoms with Crippen LogP contribution in [0.5, 0.6) is 5.88 Å². The summed E-state index contributed by atoms with van der Waals surface area (Å²) in [6, 6.07) is 5.67. The fraction of sp³-hybridized carbons (Fsp3) is 0.545. The summed E-state index contributed by atoms with van der Waals surface area (Å²) in [5.41, 5.74) is 0.855. The maximum absolute atomic E-state index is 5.68. The standard InChI is InChI=1S/C11H16ClNO/c1-3-5-9(2)14-11-7-4-6-10(8-12)13-11/h4,6-7,9H,3,5,8H2,1-2H3. The fourth-order valence-electron chi connectivity index (χ4n) is 1.27. The number of hydrogen-bond acceptors (Lipinski definition) is 2. The van der Waals surface area contributed by atoms with Crippen molar-refractivity contribution >= 4 is 11.6 Å². The summed E-state index contributed by atoms with van der Waals surface area (Å²) < 4.78 is 5.63. The summed E-state index contributed by atoms with van der Waals surface area (Å²) in [5.74, 6) is 1.10. The molecule has 1 atom stereocenters. The third-order valence-corrected chi connectivity index (χ3v) is 2.21. The molecule has 1 unspecified atom stereocenters. The van der Waals surface area contributed by atoms with Gasteiger partial charge in [-0.3, -0.25) is 0 Å². The maximum atomic E-state index is 5.68. The van der Waals surface area contributed by atoms with E-state index in [1.54, 1.807) is 0 Å². The van der Waals surface area contributed by atoms with Crippen LogP contribution >= 0.6 is 11.6 Å². The molecule has 0 fully saturated rings. The predicted molar refractivity (Wildman–Crippen MR) is 58.8 cm³/mol. The van der Waals surface area contributed by atoms with E-state index in [0.29, 0.717) is 11.8 Å². The van der Waals surface area contributed by atoms with Crippen LogP contribution in [0, 0.1) is 0 Å². The van der Waals surface area contributed by atoms with Crippen LogP contribution in [0.1, 0.15) is 32.4 Å². The number of ether oxygens (including phenoxy) is 1. The molecule has 1 heterocycles.